The molecule has 1 N–H and O–H groups in total. The summed E-state index contributed by atoms with van der Waals surface area (Å²) in [5.74, 6) is 1.16. The molecule has 1 atom stereocenters. The number of hydrogen-bond acceptors (Lipinski definition) is 3. The van der Waals surface area contributed by atoms with Crippen LogP contribution in [0.4, 0.5) is 0 Å². The maximum atomic E-state index is 9.77. The summed E-state index contributed by atoms with van der Waals surface area (Å²) in [5.41, 5.74) is 1.24. The number of fused-ring (bicyclic) bond motifs is 1. The topological polar surface area (TPSA) is 57.2 Å². The molecule has 3 rings (SSSR count). The van der Waals surface area contributed by atoms with Crippen LogP contribution in [0.15, 0.2) is 59.0 Å². The predicted octanol–water partition coefficient (Wildman–Crippen LogP) is 3.77. The average Bonchev–Trinajstić information content (AvgIpc) is 2.92. The lowest BCUT2D eigenvalue weighted by Crippen LogP contribution is -1.91. The van der Waals surface area contributed by atoms with Gasteiger partial charge in [-0.05, 0) is 12.0 Å². The van der Waals surface area contributed by atoms with Crippen molar-refractivity contribution in [1.82, 2.24) is 0 Å². The van der Waals surface area contributed by atoms with Gasteiger partial charge in [0.1, 0.15) is 11.8 Å². The summed E-state index contributed by atoms with van der Waals surface area (Å²) in [5, 5.41) is 20.5. The van der Waals surface area contributed by atoms with E-state index in [1.165, 1.54) is 5.56 Å². The Kier molecular flexibility index (Phi) is 3.72. The molecule has 0 amide bonds. The van der Waals surface area contributed by atoms with Gasteiger partial charge >= 0.3 is 0 Å². The van der Waals surface area contributed by atoms with E-state index in [0.717, 1.165) is 29.4 Å². The SMILES string of the molecule is N#CC(O)c1oc(CCc2ccccc2)c2ccccc12. The van der Waals surface area contributed by atoms with Gasteiger partial charge in [0, 0.05) is 17.2 Å². The Morgan fingerprint density at radius 1 is 0.952 bits per heavy atom. The smallest absolute Gasteiger partial charge is 0.199 e. The first kappa shape index (κ1) is 13.4. The zero-order chi connectivity index (χ0) is 14.7. The molecule has 0 saturated carbocycles. The van der Waals surface area contributed by atoms with Gasteiger partial charge in [0.2, 0.25) is 0 Å². The number of aliphatic hydroxyl groups is 1. The normalized spacial score (nSPS) is 12.2. The second-order valence-electron chi connectivity index (χ2n) is 4.95. The number of nitriles is 1. The summed E-state index contributed by atoms with van der Waals surface area (Å²) < 4.78 is 5.77. The van der Waals surface area contributed by atoms with Gasteiger partial charge in [0.15, 0.2) is 11.9 Å². The molecule has 0 aliphatic carbocycles. The molecule has 1 heterocycles. The lowest BCUT2D eigenvalue weighted by Gasteiger charge is -2.00. The van der Waals surface area contributed by atoms with Crippen LogP contribution in [0, 0.1) is 11.3 Å². The van der Waals surface area contributed by atoms with Crippen molar-refractivity contribution in [1.29, 1.82) is 5.26 Å². The summed E-state index contributed by atoms with van der Waals surface area (Å²) in [6, 6.07) is 19.7. The van der Waals surface area contributed by atoms with Crippen LogP contribution in [0.2, 0.25) is 0 Å². The first-order valence-corrected chi connectivity index (χ1v) is 6.91. The van der Waals surface area contributed by atoms with Gasteiger partial charge in [-0.25, -0.2) is 0 Å². The minimum Gasteiger partial charge on any atom is -0.461 e. The molecule has 0 saturated heterocycles. The molecule has 21 heavy (non-hydrogen) atoms. The first-order valence-electron chi connectivity index (χ1n) is 6.91. The fourth-order valence-corrected chi connectivity index (χ4v) is 2.53. The van der Waals surface area contributed by atoms with Crippen molar-refractivity contribution in [2.24, 2.45) is 0 Å². The second kappa shape index (κ2) is 5.82. The van der Waals surface area contributed by atoms with Crippen molar-refractivity contribution in [3.63, 3.8) is 0 Å². The van der Waals surface area contributed by atoms with Crippen LogP contribution in [-0.2, 0) is 12.8 Å². The van der Waals surface area contributed by atoms with Gasteiger partial charge in [0.05, 0.1) is 0 Å². The van der Waals surface area contributed by atoms with Gasteiger partial charge < -0.3 is 9.52 Å². The number of nitrogens with zero attached hydrogens (tertiary/aromatic N) is 1. The monoisotopic (exact) mass is 277 g/mol. The summed E-state index contributed by atoms with van der Waals surface area (Å²) >= 11 is 0. The van der Waals surface area contributed by atoms with Crippen molar-refractivity contribution in [2.75, 3.05) is 0 Å². The van der Waals surface area contributed by atoms with Crippen LogP contribution >= 0.6 is 0 Å². The molecule has 0 fully saturated rings. The molecule has 3 aromatic rings. The third-order valence-electron chi connectivity index (χ3n) is 3.58. The fraction of sp³-hybridized carbons (Fsp3) is 0.167. The Bertz CT molecular complexity index is 784. The molecule has 0 aliphatic rings. The van der Waals surface area contributed by atoms with Crippen LogP contribution in [0.3, 0.4) is 0 Å². The number of aliphatic hydroxyl groups excluding tert-OH is 1. The molecule has 0 spiro atoms. The predicted molar refractivity (Wildman–Crippen MR) is 80.6 cm³/mol. The van der Waals surface area contributed by atoms with Gasteiger partial charge in [-0.15, -0.1) is 0 Å². The average molecular weight is 277 g/mol. The summed E-state index contributed by atoms with van der Waals surface area (Å²) in [6.07, 6.45) is 0.378. The van der Waals surface area contributed by atoms with Crippen LogP contribution < -0.4 is 0 Å². The largest absolute Gasteiger partial charge is 0.461 e. The maximum absolute atomic E-state index is 9.77. The zero-order valence-corrected chi connectivity index (χ0v) is 11.5. The van der Waals surface area contributed by atoms with E-state index < -0.39 is 6.10 Å². The van der Waals surface area contributed by atoms with Crippen molar-refractivity contribution >= 4 is 10.8 Å². The third kappa shape index (κ3) is 2.67. The van der Waals surface area contributed by atoms with Gasteiger partial charge in [-0.1, -0.05) is 54.6 Å². The van der Waals surface area contributed by atoms with Gasteiger partial charge in [-0.3, -0.25) is 0 Å². The highest BCUT2D eigenvalue weighted by Gasteiger charge is 2.18. The number of aryl methyl sites for hydroxylation is 2. The van der Waals surface area contributed by atoms with Crippen LogP contribution in [0.1, 0.15) is 23.2 Å². The third-order valence-corrected chi connectivity index (χ3v) is 3.58. The molecule has 0 radical (unpaired) electrons. The maximum Gasteiger partial charge on any atom is 0.199 e. The number of furan rings is 1. The fourth-order valence-electron chi connectivity index (χ4n) is 2.53. The molecule has 3 nitrogen and oxygen atoms in total. The summed E-state index contributed by atoms with van der Waals surface area (Å²) in [4.78, 5) is 0. The van der Waals surface area contributed by atoms with Crippen molar-refractivity contribution < 1.29 is 9.52 Å². The molecule has 3 heteroatoms. The molecule has 0 aliphatic heterocycles. The van der Waals surface area contributed by atoms with Gasteiger partial charge in [-0.2, -0.15) is 5.26 Å². The van der Waals surface area contributed by atoms with E-state index in [9.17, 15) is 5.11 Å². The standard InChI is InChI=1S/C18H15NO2/c19-12-16(20)18-15-9-5-4-8-14(15)17(21-18)11-10-13-6-2-1-3-7-13/h1-9,16,20H,10-11H2. The second-order valence-corrected chi connectivity index (χ2v) is 4.95. The highest BCUT2D eigenvalue weighted by Crippen LogP contribution is 2.30. The van der Waals surface area contributed by atoms with Crippen molar-refractivity contribution in [3.8, 4) is 6.07 Å². The summed E-state index contributed by atoms with van der Waals surface area (Å²) in [7, 11) is 0. The zero-order valence-electron chi connectivity index (χ0n) is 11.5. The number of rotatable bonds is 4. The molecule has 104 valence electrons. The van der Waals surface area contributed by atoms with E-state index in [4.69, 9.17) is 9.68 Å². The van der Waals surface area contributed by atoms with Gasteiger partial charge in [0.25, 0.3) is 0 Å². The van der Waals surface area contributed by atoms with Crippen LogP contribution in [0.5, 0.6) is 0 Å². The lowest BCUT2D eigenvalue weighted by molar-refractivity contribution is 0.203. The number of benzene rings is 2. The molecular weight excluding hydrogens is 262 g/mol. The highest BCUT2D eigenvalue weighted by molar-refractivity contribution is 5.87. The molecular formula is C18H15NO2. The van der Waals surface area contributed by atoms with Crippen molar-refractivity contribution in [2.45, 2.75) is 18.9 Å². The van der Waals surface area contributed by atoms with E-state index in [0.29, 0.717) is 5.76 Å². The van der Waals surface area contributed by atoms with E-state index in [1.54, 1.807) is 0 Å². The van der Waals surface area contributed by atoms with Crippen LogP contribution in [-0.4, -0.2) is 5.11 Å². The Morgan fingerprint density at radius 2 is 1.62 bits per heavy atom. The first-order chi connectivity index (χ1) is 10.3. The van der Waals surface area contributed by atoms with E-state index in [-0.39, 0.29) is 0 Å². The molecule has 1 unspecified atom stereocenters. The van der Waals surface area contributed by atoms with E-state index >= 15 is 0 Å². The minimum atomic E-state index is -1.22. The Morgan fingerprint density at radius 3 is 2.33 bits per heavy atom. The number of hydrogen-bond donors (Lipinski definition) is 1. The molecule has 2 aromatic carbocycles. The Labute approximate surface area is 123 Å². The quantitative estimate of drug-likeness (QED) is 0.738. The van der Waals surface area contributed by atoms with E-state index in [2.05, 4.69) is 12.1 Å². The highest BCUT2D eigenvalue weighted by atomic mass is 16.4. The minimum absolute atomic E-state index is 0.344. The molecule has 1 aromatic heterocycles. The Balaban J connectivity index is 1.94. The summed E-state index contributed by atoms with van der Waals surface area (Å²) in [6.45, 7) is 0. The van der Waals surface area contributed by atoms with Crippen molar-refractivity contribution in [3.05, 3.63) is 71.7 Å². The lowest BCUT2D eigenvalue weighted by atomic mass is 10.1. The Hall–Kier alpha value is -2.57. The molecule has 0 bridgehead atoms. The van der Waals surface area contributed by atoms with Crippen LogP contribution in [0.25, 0.3) is 10.8 Å². The van der Waals surface area contributed by atoms with E-state index in [1.807, 2.05) is 48.5 Å².